The Labute approximate surface area is 173 Å². The van der Waals surface area contributed by atoms with Crippen molar-refractivity contribution in [2.24, 2.45) is 0 Å². The summed E-state index contributed by atoms with van der Waals surface area (Å²) >= 11 is 0. The molecule has 8 nitrogen and oxygen atoms in total. The van der Waals surface area contributed by atoms with Crippen molar-refractivity contribution >= 4 is 11.8 Å². The number of hydrogen-bond acceptors (Lipinski definition) is 5. The second-order valence-electron chi connectivity index (χ2n) is 9.57. The number of aromatic amines is 1. The van der Waals surface area contributed by atoms with Crippen molar-refractivity contribution < 1.29 is 14.7 Å². The number of nitrogens with one attached hydrogen (secondary N) is 1. The number of aliphatic hydroxyl groups is 1. The molecule has 0 saturated carbocycles. The summed E-state index contributed by atoms with van der Waals surface area (Å²) in [6, 6.07) is 1.84. The first kappa shape index (κ1) is 21.8. The van der Waals surface area contributed by atoms with E-state index in [1.165, 1.54) is 0 Å². The number of amides is 2. The zero-order chi connectivity index (χ0) is 21.2. The molecule has 2 N–H and O–H groups in total. The molecule has 3 rings (SSSR count). The molecule has 0 radical (unpaired) electrons. The maximum atomic E-state index is 12.9. The third kappa shape index (κ3) is 5.36. The van der Waals surface area contributed by atoms with Gasteiger partial charge in [-0.1, -0.05) is 20.8 Å². The van der Waals surface area contributed by atoms with Crippen molar-refractivity contribution in [2.75, 3.05) is 45.8 Å². The Morgan fingerprint density at radius 3 is 2.38 bits per heavy atom. The van der Waals surface area contributed by atoms with E-state index in [2.05, 4.69) is 35.9 Å². The predicted molar refractivity (Wildman–Crippen MR) is 111 cm³/mol. The second-order valence-corrected chi connectivity index (χ2v) is 9.57. The van der Waals surface area contributed by atoms with Gasteiger partial charge < -0.3 is 14.9 Å². The molecule has 2 aliphatic heterocycles. The standard InChI is InChI=1S/C21H35N5O3/c1-16(27)25-12-10-24(11-13-25)15-21(29)6-5-8-26(9-7-21)19(28)17-14-18(23-22-17)20(2,3)4/h14,29H,5-13,15H2,1-4H3,(H,22,23)/t21-/m0/s1. The van der Waals surface area contributed by atoms with Gasteiger partial charge in [-0.3, -0.25) is 19.6 Å². The first-order valence-electron chi connectivity index (χ1n) is 10.6. The van der Waals surface area contributed by atoms with Gasteiger partial charge in [-0.25, -0.2) is 0 Å². The predicted octanol–water partition coefficient (Wildman–Crippen LogP) is 1.23. The Bertz CT molecular complexity index is 733. The second kappa shape index (κ2) is 8.44. The van der Waals surface area contributed by atoms with E-state index in [4.69, 9.17) is 0 Å². The Balaban J connectivity index is 1.56. The van der Waals surface area contributed by atoms with E-state index in [0.29, 0.717) is 51.3 Å². The fourth-order valence-corrected chi connectivity index (χ4v) is 4.15. The maximum absolute atomic E-state index is 12.9. The van der Waals surface area contributed by atoms with E-state index < -0.39 is 5.60 Å². The van der Waals surface area contributed by atoms with Gasteiger partial charge in [0.05, 0.1) is 5.60 Å². The third-order valence-electron chi connectivity index (χ3n) is 6.14. The molecular formula is C21H35N5O3. The topological polar surface area (TPSA) is 92.8 Å². The largest absolute Gasteiger partial charge is 0.388 e. The lowest BCUT2D eigenvalue weighted by atomic mass is 9.92. The molecule has 0 aromatic carbocycles. The minimum Gasteiger partial charge on any atom is -0.388 e. The summed E-state index contributed by atoms with van der Waals surface area (Å²) in [5.41, 5.74) is 0.504. The van der Waals surface area contributed by atoms with Gasteiger partial charge >= 0.3 is 0 Å². The fraction of sp³-hybridized carbons (Fsp3) is 0.762. The zero-order valence-corrected chi connectivity index (χ0v) is 18.2. The first-order chi connectivity index (χ1) is 13.6. The highest BCUT2D eigenvalue weighted by molar-refractivity contribution is 5.92. The van der Waals surface area contributed by atoms with E-state index in [-0.39, 0.29) is 17.2 Å². The summed E-state index contributed by atoms with van der Waals surface area (Å²) in [6.07, 6.45) is 2.01. The highest BCUT2D eigenvalue weighted by atomic mass is 16.3. The number of carbonyl (C=O) groups excluding carboxylic acids is 2. The van der Waals surface area contributed by atoms with Crippen LogP contribution >= 0.6 is 0 Å². The van der Waals surface area contributed by atoms with Crippen molar-refractivity contribution in [3.8, 4) is 0 Å². The molecule has 2 aliphatic rings. The number of piperazine rings is 1. The van der Waals surface area contributed by atoms with Crippen molar-refractivity contribution in [3.05, 3.63) is 17.5 Å². The van der Waals surface area contributed by atoms with E-state index in [1.807, 2.05) is 15.9 Å². The molecule has 1 atom stereocenters. The highest BCUT2D eigenvalue weighted by Crippen LogP contribution is 2.26. The number of carbonyl (C=O) groups is 2. The van der Waals surface area contributed by atoms with Gasteiger partial charge in [-0.05, 0) is 25.3 Å². The van der Waals surface area contributed by atoms with Gasteiger partial charge in [0.2, 0.25) is 5.91 Å². The Morgan fingerprint density at radius 2 is 1.79 bits per heavy atom. The van der Waals surface area contributed by atoms with Crippen molar-refractivity contribution in [3.63, 3.8) is 0 Å². The molecule has 0 spiro atoms. The van der Waals surface area contributed by atoms with Gasteiger partial charge in [-0.15, -0.1) is 0 Å². The molecule has 162 valence electrons. The molecule has 1 aromatic rings. The minimum atomic E-state index is -0.796. The molecule has 0 unspecified atom stereocenters. The van der Waals surface area contributed by atoms with Crippen molar-refractivity contribution in [1.29, 1.82) is 0 Å². The van der Waals surface area contributed by atoms with Crippen LogP contribution in [0.4, 0.5) is 0 Å². The average molecular weight is 406 g/mol. The summed E-state index contributed by atoms with van der Waals surface area (Å²) < 4.78 is 0. The monoisotopic (exact) mass is 405 g/mol. The van der Waals surface area contributed by atoms with Crippen molar-refractivity contribution in [2.45, 2.75) is 58.0 Å². The summed E-state index contributed by atoms with van der Waals surface area (Å²) in [6.45, 7) is 12.6. The molecule has 29 heavy (non-hydrogen) atoms. The van der Waals surface area contributed by atoms with Crippen LogP contribution in [-0.2, 0) is 10.2 Å². The number of hydrogen-bond donors (Lipinski definition) is 2. The summed E-state index contributed by atoms with van der Waals surface area (Å²) in [5, 5.41) is 18.4. The number of H-pyrrole nitrogens is 1. The summed E-state index contributed by atoms with van der Waals surface area (Å²) in [5.74, 6) is 0.0380. The first-order valence-corrected chi connectivity index (χ1v) is 10.6. The quantitative estimate of drug-likeness (QED) is 0.789. The Hall–Kier alpha value is -1.93. The molecule has 0 bridgehead atoms. The number of β-amino-alcohol motifs (C(OH)–C–C–N with tert-alkyl or cyclic N) is 1. The third-order valence-corrected chi connectivity index (χ3v) is 6.14. The molecule has 1 aromatic heterocycles. The van der Waals surface area contributed by atoms with Crippen LogP contribution in [0.1, 0.15) is 63.1 Å². The zero-order valence-electron chi connectivity index (χ0n) is 18.2. The lowest BCUT2D eigenvalue weighted by Gasteiger charge is -2.39. The van der Waals surface area contributed by atoms with Crippen LogP contribution in [0.2, 0.25) is 0 Å². The van der Waals surface area contributed by atoms with Crippen LogP contribution in [0.25, 0.3) is 0 Å². The lowest BCUT2D eigenvalue weighted by Crippen LogP contribution is -2.53. The lowest BCUT2D eigenvalue weighted by molar-refractivity contribution is -0.131. The number of aromatic nitrogens is 2. The highest BCUT2D eigenvalue weighted by Gasteiger charge is 2.35. The smallest absolute Gasteiger partial charge is 0.274 e. The van der Waals surface area contributed by atoms with Crippen LogP contribution in [0.3, 0.4) is 0 Å². The van der Waals surface area contributed by atoms with Gasteiger partial charge in [0.25, 0.3) is 5.91 Å². The van der Waals surface area contributed by atoms with Crippen LogP contribution < -0.4 is 0 Å². The average Bonchev–Trinajstić information content (AvgIpc) is 3.07. The molecule has 0 aliphatic carbocycles. The van der Waals surface area contributed by atoms with Gasteiger partial charge in [0, 0.05) is 63.8 Å². The minimum absolute atomic E-state index is 0.0731. The molecule has 3 heterocycles. The van der Waals surface area contributed by atoms with E-state index in [0.717, 1.165) is 25.2 Å². The van der Waals surface area contributed by atoms with E-state index in [1.54, 1.807) is 6.92 Å². The molecule has 2 fully saturated rings. The normalized spacial score (nSPS) is 24.4. The van der Waals surface area contributed by atoms with E-state index in [9.17, 15) is 14.7 Å². The van der Waals surface area contributed by atoms with Crippen LogP contribution in [-0.4, -0.2) is 93.2 Å². The maximum Gasteiger partial charge on any atom is 0.274 e. The molecule has 2 amide bonds. The Morgan fingerprint density at radius 1 is 1.10 bits per heavy atom. The van der Waals surface area contributed by atoms with Gasteiger partial charge in [-0.2, -0.15) is 5.10 Å². The molecule has 8 heteroatoms. The number of rotatable bonds is 3. The SMILES string of the molecule is CC(=O)N1CCN(C[C@]2(O)CCCN(C(=O)c3cc(C(C)(C)C)[nH]n3)CC2)CC1. The Kier molecular flexibility index (Phi) is 6.33. The number of likely N-dealkylation sites (tertiary alicyclic amines) is 1. The summed E-state index contributed by atoms with van der Waals surface area (Å²) in [7, 11) is 0. The van der Waals surface area contributed by atoms with Crippen LogP contribution in [0.5, 0.6) is 0 Å². The van der Waals surface area contributed by atoms with Gasteiger partial charge in [0.15, 0.2) is 0 Å². The van der Waals surface area contributed by atoms with E-state index >= 15 is 0 Å². The van der Waals surface area contributed by atoms with Crippen LogP contribution in [0, 0.1) is 0 Å². The summed E-state index contributed by atoms with van der Waals surface area (Å²) in [4.78, 5) is 30.3. The number of nitrogens with zero attached hydrogens (tertiary/aromatic N) is 4. The van der Waals surface area contributed by atoms with Crippen LogP contribution in [0.15, 0.2) is 6.07 Å². The fourth-order valence-electron chi connectivity index (χ4n) is 4.15. The van der Waals surface area contributed by atoms with Gasteiger partial charge in [0.1, 0.15) is 5.69 Å². The van der Waals surface area contributed by atoms with Crippen molar-refractivity contribution in [1.82, 2.24) is 24.9 Å². The molecular weight excluding hydrogens is 370 g/mol. The molecule has 2 saturated heterocycles.